The van der Waals surface area contributed by atoms with E-state index in [1.807, 2.05) is 65.0 Å². The first-order valence-electron chi connectivity index (χ1n) is 12.0. The van der Waals surface area contributed by atoms with Gasteiger partial charge in [0, 0.05) is 31.9 Å². The third-order valence-electron chi connectivity index (χ3n) is 6.41. The highest BCUT2D eigenvalue weighted by Gasteiger charge is 2.26. The van der Waals surface area contributed by atoms with Crippen molar-refractivity contribution in [2.24, 2.45) is 0 Å². The van der Waals surface area contributed by atoms with Crippen LogP contribution in [0.5, 0.6) is 0 Å². The van der Waals surface area contributed by atoms with Gasteiger partial charge in [-0.15, -0.1) is 0 Å². The zero-order chi connectivity index (χ0) is 24.1. The second kappa shape index (κ2) is 10.7. The number of benzene rings is 2. The zero-order valence-corrected chi connectivity index (χ0v) is 20.3. The molecule has 0 radical (unpaired) electrons. The fraction of sp³-hybridized carbons (Fsp3) is 0.370. The first-order valence-corrected chi connectivity index (χ1v) is 12.0. The highest BCUT2D eigenvalue weighted by molar-refractivity contribution is 5.95. The molecule has 2 aromatic carbocycles. The Morgan fingerprint density at radius 1 is 0.941 bits per heavy atom. The summed E-state index contributed by atoms with van der Waals surface area (Å²) in [5.74, 6) is -0.00972. The number of piperazine rings is 1. The molecule has 1 aromatic heterocycles. The molecule has 2 amide bonds. The summed E-state index contributed by atoms with van der Waals surface area (Å²) in [6.07, 6.45) is 3.28. The van der Waals surface area contributed by atoms with Crippen molar-refractivity contribution < 1.29 is 9.59 Å². The molecule has 1 aliphatic heterocycles. The van der Waals surface area contributed by atoms with Gasteiger partial charge in [-0.2, -0.15) is 5.10 Å². The molecule has 0 atom stereocenters. The van der Waals surface area contributed by atoms with E-state index in [1.54, 1.807) is 6.20 Å². The van der Waals surface area contributed by atoms with Crippen molar-refractivity contribution in [1.82, 2.24) is 19.6 Å². The molecule has 1 N–H and O–H groups in total. The van der Waals surface area contributed by atoms with Gasteiger partial charge in [-0.3, -0.25) is 14.5 Å². The van der Waals surface area contributed by atoms with E-state index in [4.69, 9.17) is 0 Å². The fourth-order valence-electron chi connectivity index (χ4n) is 4.42. The van der Waals surface area contributed by atoms with Gasteiger partial charge < -0.3 is 10.2 Å². The Bertz CT molecular complexity index is 1140. The van der Waals surface area contributed by atoms with E-state index >= 15 is 0 Å². The van der Waals surface area contributed by atoms with Crippen LogP contribution in [-0.2, 0) is 17.6 Å². The highest BCUT2D eigenvalue weighted by Crippen LogP contribution is 2.19. The van der Waals surface area contributed by atoms with Gasteiger partial charge in [0.15, 0.2) is 0 Å². The monoisotopic (exact) mass is 459 g/mol. The second-order valence-electron chi connectivity index (χ2n) is 8.73. The molecule has 34 heavy (non-hydrogen) atoms. The zero-order valence-electron chi connectivity index (χ0n) is 20.3. The van der Waals surface area contributed by atoms with E-state index in [-0.39, 0.29) is 11.8 Å². The number of carbonyl (C=O) groups excluding carboxylic acids is 2. The molecule has 2 heterocycles. The van der Waals surface area contributed by atoms with Crippen LogP contribution in [0.4, 0.5) is 5.69 Å². The molecule has 1 fully saturated rings. The third-order valence-corrected chi connectivity index (χ3v) is 6.41. The number of nitrogens with zero attached hydrogens (tertiary/aromatic N) is 4. The molecule has 178 valence electrons. The molecule has 0 bridgehead atoms. The Kier molecular flexibility index (Phi) is 7.43. The lowest BCUT2D eigenvalue weighted by Crippen LogP contribution is -2.50. The molecule has 0 unspecified atom stereocenters. The van der Waals surface area contributed by atoms with Crippen LogP contribution in [0, 0.1) is 6.92 Å². The van der Waals surface area contributed by atoms with Crippen LogP contribution < -0.4 is 5.32 Å². The Morgan fingerprint density at radius 2 is 1.65 bits per heavy atom. The first kappa shape index (κ1) is 23.7. The lowest BCUT2D eigenvalue weighted by atomic mass is 10.1. The quantitative estimate of drug-likeness (QED) is 0.585. The molecule has 0 saturated carbocycles. The van der Waals surface area contributed by atoms with E-state index in [1.165, 1.54) is 5.56 Å². The maximum absolute atomic E-state index is 13.3. The smallest absolute Gasteiger partial charge is 0.257 e. The number of anilines is 1. The minimum Gasteiger partial charge on any atom is -0.336 e. The van der Waals surface area contributed by atoms with Crippen LogP contribution in [0.3, 0.4) is 0 Å². The Balaban J connectivity index is 1.36. The van der Waals surface area contributed by atoms with E-state index in [0.29, 0.717) is 44.7 Å². The summed E-state index contributed by atoms with van der Waals surface area (Å²) in [7, 11) is 0. The van der Waals surface area contributed by atoms with Crippen molar-refractivity contribution in [2.75, 3.05) is 38.0 Å². The van der Waals surface area contributed by atoms with Gasteiger partial charge in [0.2, 0.25) is 5.91 Å². The summed E-state index contributed by atoms with van der Waals surface area (Å²) in [6, 6.07) is 16.0. The van der Waals surface area contributed by atoms with Crippen LogP contribution >= 0.6 is 0 Å². The minimum absolute atomic E-state index is 0.0104. The number of aryl methyl sites for hydroxylation is 2. The minimum atomic E-state index is -0.0201. The SMILES string of the molecule is CCc1ccccc1NC(=O)CN1CCN(C(=O)c2cnn(-c3ccc(C)cc3)c2CC)CC1. The van der Waals surface area contributed by atoms with Crippen molar-refractivity contribution in [2.45, 2.75) is 33.6 Å². The predicted octanol–water partition coefficient (Wildman–Crippen LogP) is 3.70. The summed E-state index contributed by atoms with van der Waals surface area (Å²) >= 11 is 0. The summed E-state index contributed by atoms with van der Waals surface area (Å²) in [5.41, 5.74) is 5.73. The number of nitrogens with one attached hydrogen (secondary N) is 1. The molecule has 7 nitrogen and oxygen atoms in total. The van der Waals surface area contributed by atoms with Gasteiger partial charge in [-0.05, 0) is 43.5 Å². The standard InChI is InChI=1S/C27H33N5O2/c1-4-21-8-6-7-9-24(21)29-26(33)19-30-14-16-31(17-15-30)27(34)23-18-28-32(25(23)5-2)22-12-10-20(3)11-13-22/h6-13,18H,4-5,14-17,19H2,1-3H3,(H,29,33). The molecule has 7 heteroatoms. The molecule has 3 aromatic rings. The fourth-order valence-corrected chi connectivity index (χ4v) is 4.42. The molecule has 0 spiro atoms. The number of rotatable bonds is 7. The molecular weight excluding hydrogens is 426 g/mol. The van der Waals surface area contributed by atoms with Crippen molar-refractivity contribution >= 4 is 17.5 Å². The Hall–Kier alpha value is -3.45. The molecule has 1 saturated heterocycles. The van der Waals surface area contributed by atoms with Gasteiger partial charge >= 0.3 is 0 Å². The van der Waals surface area contributed by atoms with E-state index in [0.717, 1.165) is 29.1 Å². The maximum Gasteiger partial charge on any atom is 0.257 e. The number of aromatic nitrogens is 2. The van der Waals surface area contributed by atoms with Gasteiger partial charge in [-0.1, -0.05) is 49.7 Å². The number of para-hydroxylation sites is 1. The first-order chi connectivity index (χ1) is 16.5. The highest BCUT2D eigenvalue weighted by atomic mass is 16.2. The molecular formula is C27H33N5O2. The molecule has 0 aliphatic carbocycles. The van der Waals surface area contributed by atoms with Crippen molar-refractivity contribution in [3.63, 3.8) is 0 Å². The van der Waals surface area contributed by atoms with Crippen LogP contribution in [0.1, 0.15) is 41.0 Å². The van der Waals surface area contributed by atoms with Crippen LogP contribution in [0.25, 0.3) is 5.69 Å². The van der Waals surface area contributed by atoms with Crippen molar-refractivity contribution in [1.29, 1.82) is 0 Å². The number of hydrogen-bond donors (Lipinski definition) is 1. The molecule has 4 rings (SSSR count). The normalized spacial score (nSPS) is 14.3. The average Bonchev–Trinajstić information content (AvgIpc) is 3.29. The summed E-state index contributed by atoms with van der Waals surface area (Å²) in [4.78, 5) is 29.8. The number of carbonyl (C=O) groups is 2. The van der Waals surface area contributed by atoms with Crippen LogP contribution in [0.15, 0.2) is 54.7 Å². The molecule has 1 aliphatic rings. The lowest BCUT2D eigenvalue weighted by Gasteiger charge is -2.34. The number of amides is 2. The Labute approximate surface area is 201 Å². The topological polar surface area (TPSA) is 70.5 Å². The van der Waals surface area contributed by atoms with Crippen molar-refractivity contribution in [3.8, 4) is 5.69 Å². The average molecular weight is 460 g/mol. The van der Waals surface area contributed by atoms with Gasteiger partial charge in [-0.25, -0.2) is 4.68 Å². The summed E-state index contributed by atoms with van der Waals surface area (Å²) in [6.45, 7) is 9.03. The van der Waals surface area contributed by atoms with Gasteiger partial charge in [0.25, 0.3) is 5.91 Å². The van der Waals surface area contributed by atoms with E-state index < -0.39 is 0 Å². The van der Waals surface area contributed by atoms with E-state index in [2.05, 4.69) is 29.2 Å². The van der Waals surface area contributed by atoms with E-state index in [9.17, 15) is 9.59 Å². The third kappa shape index (κ3) is 5.20. The predicted molar refractivity (Wildman–Crippen MR) is 134 cm³/mol. The summed E-state index contributed by atoms with van der Waals surface area (Å²) in [5, 5.41) is 7.55. The van der Waals surface area contributed by atoms with Crippen molar-refractivity contribution in [3.05, 3.63) is 77.1 Å². The lowest BCUT2D eigenvalue weighted by molar-refractivity contribution is -0.117. The summed E-state index contributed by atoms with van der Waals surface area (Å²) < 4.78 is 1.86. The second-order valence-corrected chi connectivity index (χ2v) is 8.73. The Morgan fingerprint density at radius 3 is 2.32 bits per heavy atom. The van der Waals surface area contributed by atoms with Crippen LogP contribution in [-0.4, -0.2) is 64.1 Å². The largest absolute Gasteiger partial charge is 0.336 e. The van der Waals surface area contributed by atoms with Gasteiger partial charge in [0.1, 0.15) is 0 Å². The van der Waals surface area contributed by atoms with Crippen LogP contribution in [0.2, 0.25) is 0 Å². The maximum atomic E-state index is 13.3. The number of hydrogen-bond acceptors (Lipinski definition) is 4. The van der Waals surface area contributed by atoms with Gasteiger partial charge in [0.05, 0.1) is 29.7 Å².